The van der Waals surface area contributed by atoms with Gasteiger partial charge in [0.05, 0.1) is 13.2 Å². The summed E-state index contributed by atoms with van der Waals surface area (Å²) in [5.74, 6) is 2.76. The van der Waals surface area contributed by atoms with Crippen molar-refractivity contribution in [2.45, 2.75) is 46.1 Å². The Bertz CT molecular complexity index is 628. The second kappa shape index (κ2) is 10.5. The van der Waals surface area contributed by atoms with Gasteiger partial charge in [-0.3, -0.25) is 0 Å². The van der Waals surface area contributed by atoms with Crippen molar-refractivity contribution in [2.75, 3.05) is 33.4 Å². The van der Waals surface area contributed by atoms with E-state index < -0.39 is 0 Å². The minimum atomic E-state index is 0. The molecule has 0 atom stereocenters. The molecule has 0 amide bonds. The first-order valence-corrected chi connectivity index (χ1v) is 9.90. The Kier molecular flexibility index (Phi) is 8.66. The molecule has 0 bridgehead atoms. The number of nitrogens with one attached hydrogen (secondary N) is 2. The number of halogens is 1. The normalized spacial score (nSPS) is 17.8. The number of aliphatic imine (C=N–C) groups is 1. The van der Waals surface area contributed by atoms with Gasteiger partial charge >= 0.3 is 0 Å². The molecule has 0 spiro atoms. The molecule has 27 heavy (non-hydrogen) atoms. The topological polar surface area (TPSA) is 54.9 Å². The lowest BCUT2D eigenvalue weighted by molar-refractivity contribution is 0.145. The summed E-state index contributed by atoms with van der Waals surface area (Å²) < 4.78 is 11.0. The Morgan fingerprint density at radius 3 is 2.63 bits per heavy atom. The van der Waals surface area contributed by atoms with Crippen molar-refractivity contribution >= 4 is 29.9 Å². The standard InChI is InChI=1S/C21H33N3O2.HI/c1-4-22-20(24-15-21(9-10-21)18-7-8-18)23-14-17-6-5-16(2)13-19(17)26-12-11-25-3;/h5-6,13,18H,4,7-12,14-15H2,1-3H3,(H2,22,23,24);1H. The van der Waals surface area contributed by atoms with Crippen LogP contribution in [0.25, 0.3) is 0 Å². The van der Waals surface area contributed by atoms with Gasteiger partial charge in [0.1, 0.15) is 12.4 Å². The summed E-state index contributed by atoms with van der Waals surface area (Å²) in [5, 5.41) is 6.95. The van der Waals surface area contributed by atoms with Gasteiger partial charge in [-0.1, -0.05) is 12.1 Å². The van der Waals surface area contributed by atoms with Crippen LogP contribution in [0.1, 0.15) is 43.7 Å². The van der Waals surface area contributed by atoms with E-state index in [1.165, 1.54) is 31.2 Å². The third-order valence-corrected chi connectivity index (χ3v) is 5.46. The van der Waals surface area contributed by atoms with E-state index in [0.717, 1.165) is 36.3 Å². The summed E-state index contributed by atoms with van der Waals surface area (Å²) in [6.07, 6.45) is 5.58. The van der Waals surface area contributed by atoms with Crippen molar-refractivity contribution in [3.8, 4) is 5.75 Å². The highest BCUT2D eigenvalue weighted by atomic mass is 127. The zero-order valence-corrected chi connectivity index (χ0v) is 19.2. The van der Waals surface area contributed by atoms with Crippen LogP contribution in [0, 0.1) is 18.3 Å². The molecule has 152 valence electrons. The molecule has 0 heterocycles. The van der Waals surface area contributed by atoms with Crippen LogP contribution < -0.4 is 15.4 Å². The Morgan fingerprint density at radius 1 is 1.22 bits per heavy atom. The van der Waals surface area contributed by atoms with Crippen LogP contribution in [0.5, 0.6) is 5.75 Å². The lowest BCUT2D eigenvalue weighted by Gasteiger charge is -2.18. The second-order valence-corrected chi connectivity index (χ2v) is 7.64. The maximum atomic E-state index is 5.88. The van der Waals surface area contributed by atoms with Gasteiger partial charge in [-0.2, -0.15) is 0 Å². The van der Waals surface area contributed by atoms with E-state index in [-0.39, 0.29) is 24.0 Å². The summed E-state index contributed by atoms with van der Waals surface area (Å²) in [4.78, 5) is 4.80. The molecule has 2 N–H and O–H groups in total. The van der Waals surface area contributed by atoms with Gasteiger partial charge in [0, 0.05) is 25.8 Å². The molecule has 0 aliphatic heterocycles. The molecule has 2 aliphatic rings. The van der Waals surface area contributed by atoms with E-state index in [4.69, 9.17) is 14.5 Å². The number of rotatable bonds is 10. The van der Waals surface area contributed by atoms with E-state index in [2.05, 4.69) is 42.7 Å². The summed E-state index contributed by atoms with van der Waals surface area (Å²) in [7, 11) is 1.69. The molecule has 2 saturated carbocycles. The van der Waals surface area contributed by atoms with Crippen LogP contribution in [-0.2, 0) is 11.3 Å². The van der Waals surface area contributed by atoms with Crippen molar-refractivity contribution in [2.24, 2.45) is 16.3 Å². The molecule has 1 aromatic carbocycles. The summed E-state index contributed by atoms with van der Waals surface area (Å²) >= 11 is 0. The lowest BCUT2D eigenvalue weighted by Crippen LogP contribution is -2.40. The zero-order chi connectivity index (χ0) is 18.4. The summed E-state index contributed by atoms with van der Waals surface area (Å²) in [5.41, 5.74) is 2.86. The maximum absolute atomic E-state index is 5.88. The monoisotopic (exact) mass is 487 g/mol. The van der Waals surface area contributed by atoms with Gasteiger partial charge in [-0.05, 0) is 62.5 Å². The van der Waals surface area contributed by atoms with Crippen LogP contribution in [0.3, 0.4) is 0 Å². The fourth-order valence-corrected chi connectivity index (χ4v) is 3.51. The highest BCUT2D eigenvalue weighted by Crippen LogP contribution is 2.60. The number of benzene rings is 1. The molecule has 5 nitrogen and oxygen atoms in total. The quantitative estimate of drug-likeness (QED) is 0.228. The first-order chi connectivity index (χ1) is 12.7. The number of hydrogen-bond donors (Lipinski definition) is 2. The van der Waals surface area contributed by atoms with Crippen molar-refractivity contribution in [1.82, 2.24) is 10.6 Å². The van der Waals surface area contributed by atoms with Crippen LogP contribution in [0.4, 0.5) is 0 Å². The van der Waals surface area contributed by atoms with E-state index >= 15 is 0 Å². The van der Waals surface area contributed by atoms with E-state index in [9.17, 15) is 0 Å². The Balaban J connectivity index is 0.00000261. The van der Waals surface area contributed by atoms with Gasteiger partial charge in [-0.25, -0.2) is 4.99 Å². The number of hydrogen-bond acceptors (Lipinski definition) is 3. The number of ether oxygens (including phenoxy) is 2. The number of methoxy groups -OCH3 is 1. The molecular weight excluding hydrogens is 453 g/mol. The Hall–Kier alpha value is -1.02. The van der Waals surface area contributed by atoms with Gasteiger partial charge in [-0.15, -0.1) is 24.0 Å². The molecule has 2 fully saturated rings. The second-order valence-electron chi connectivity index (χ2n) is 7.64. The molecule has 0 saturated heterocycles. The van der Waals surface area contributed by atoms with Crippen LogP contribution in [0.2, 0.25) is 0 Å². The fourth-order valence-electron chi connectivity index (χ4n) is 3.51. The SMILES string of the molecule is CCNC(=NCc1ccc(C)cc1OCCOC)NCC1(C2CC2)CC1.I. The number of nitrogens with zero attached hydrogens (tertiary/aromatic N) is 1. The minimum absolute atomic E-state index is 0. The van der Waals surface area contributed by atoms with Gasteiger partial charge in [0.15, 0.2) is 5.96 Å². The van der Waals surface area contributed by atoms with Gasteiger partial charge in [0.25, 0.3) is 0 Å². The molecular formula is C21H34IN3O2. The molecule has 0 unspecified atom stereocenters. The van der Waals surface area contributed by atoms with Crippen LogP contribution >= 0.6 is 24.0 Å². The third kappa shape index (κ3) is 6.52. The first-order valence-electron chi connectivity index (χ1n) is 9.90. The van der Waals surface area contributed by atoms with E-state index in [1.54, 1.807) is 7.11 Å². The fraction of sp³-hybridized carbons (Fsp3) is 0.667. The predicted molar refractivity (Wildman–Crippen MR) is 121 cm³/mol. The van der Waals surface area contributed by atoms with E-state index in [1.807, 2.05) is 0 Å². The van der Waals surface area contributed by atoms with Crippen LogP contribution in [0.15, 0.2) is 23.2 Å². The molecule has 1 aromatic rings. The molecule has 2 aliphatic carbocycles. The van der Waals surface area contributed by atoms with Gasteiger partial charge in [0.2, 0.25) is 0 Å². The van der Waals surface area contributed by atoms with Crippen molar-refractivity contribution < 1.29 is 9.47 Å². The first kappa shape index (κ1) is 22.3. The summed E-state index contributed by atoms with van der Waals surface area (Å²) in [6, 6.07) is 6.30. The van der Waals surface area contributed by atoms with Crippen LogP contribution in [-0.4, -0.2) is 39.4 Å². The molecule has 3 rings (SSSR count). The third-order valence-electron chi connectivity index (χ3n) is 5.46. The molecule has 6 heteroatoms. The van der Waals surface area contributed by atoms with Crippen molar-refractivity contribution in [3.63, 3.8) is 0 Å². The van der Waals surface area contributed by atoms with Crippen molar-refractivity contribution in [3.05, 3.63) is 29.3 Å². The average molecular weight is 487 g/mol. The highest BCUT2D eigenvalue weighted by molar-refractivity contribution is 14.0. The minimum Gasteiger partial charge on any atom is -0.491 e. The summed E-state index contributed by atoms with van der Waals surface area (Å²) in [6.45, 7) is 7.85. The smallest absolute Gasteiger partial charge is 0.191 e. The number of guanidine groups is 1. The zero-order valence-electron chi connectivity index (χ0n) is 16.8. The predicted octanol–water partition coefficient (Wildman–Crippen LogP) is 3.88. The van der Waals surface area contributed by atoms with Crippen molar-refractivity contribution in [1.29, 1.82) is 0 Å². The van der Waals surface area contributed by atoms with E-state index in [0.29, 0.717) is 25.2 Å². The Morgan fingerprint density at radius 2 is 2.00 bits per heavy atom. The highest BCUT2D eigenvalue weighted by Gasteiger charge is 2.53. The average Bonchev–Trinajstić information content (AvgIpc) is 3.52. The molecule has 0 radical (unpaired) electrons. The Labute approximate surface area is 180 Å². The molecule has 0 aromatic heterocycles. The number of aryl methyl sites for hydroxylation is 1. The largest absolute Gasteiger partial charge is 0.491 e. The van der Waals surface area contributed by atoms with Gasteiger partial charge < -0.3 is 20.1 Å². The lowest BCUT2D eigenvalue weighted by atomic mass is 10.0. The maximum Gasteiger partial charge on any atom is 0.191 e.